The zero-order valence-corrected chi connectivity index (χ0v) is 20.7. The number of pyridine rings is 1. The van der Waals surface area contributed by atoms with Gasteiger partial charge < -0.3 is 20.4 Å². The van der Waals surface area contributed by atoms with Crippen molar-refractivity contribution >= 4 is 52.2 Å². The molecule has 9 heteroatoms. The SMILES string of the molecule is CN=C(NCCc1csc(N2CCCC2)n1)NC1CCN(c2ccccn2)CC1.I. The number of aromatic nitrogens is 2. The summed E-state index contributed by atoms with van der Waals surface area (Å²) in [6.45, 7) is 5.19. The van der Waals surface area contributed by atoms with Gasteiger partial charge in [0.2, 0.25) is 0 Å². The number of piperidine rings is 1. The molecular formula is C21H32IN7S. The highest BCUT2D eigenvalue weighted by Gasteiger charge is 2.21. The van der Waals surface area contributed by atoms with Crippen LogP contribution in [-0.4, -0.2) is 61.7 Å². The van der Waals surface area contributed by atoms with Crippen LogP contribution in [0.3, 0.4) is 0 Å². The fourth-order valence-electron chi connectivity index (χ4n) is 3.96. The maximum Gasteiger partial charge on any atom is 0.191 e. The van der Waals surface area contributed by atoms with Crippen molar-refractivity contribution in [3.05, 3.63) is 35.5 Å². The molecule has 2 fully saturated rings. The van der Waals surface area contributed by atoms with Gasteiger partial charge in [0.25, 0.3) is 0 Å². The molecule has 0 amide bonds. The first-order valence-electron chi connectivity index (χ1n) is 10.6. The molecule has 0 bridgehead atoms. The van der Waals surface area contributed by atoms with Gasteiger partial charge in [0, 0.05) is 63.8 Å². The Morgan fingerprint density at radius 2 is 1.97 bits per heavy atom. The predicted octanol–water partition coefficient (Wildman–Crippen LogP) is 3.13. The van der Waals surface area contributed by atoms with Crippen molar-refractivity contribution in [1.82, 2.24) is 20.6 Å². The number of hydrogen-bond donors (Lipinski definition) is 2. The van der Waals surface area contributed by atoms with Crippen molar-refractivity contribution in [1.29, 1.82) is 0 Å². The molecule has 0 atom stereocenters. The summed E-state index contributed by atoms with van der Waals surface area (Å²) in [6.07, 6.45) is 7.54. The third-order valence-corrected chi connectivity index (χ3v) is 6.57. The van der Waals surface area contributed by atoms with E-state index in [2.05, 4.69) is 47.9 Å². The maximum absolute atomic E-state index is 4.80. The number of halogens is 1. The Morgan fingerprint density at radius 1 is 1.17 bits per heavy atom. The molecule has 30 heavy (non-hydrogen) atoms. The number of guanidine groups is 1. The first-order valence-corrected chi connectivity index (χ1v) is 11.5. The molecule has 2 aliphatic rings. The monoisotopic (exact) mass is 541 g/mol. The van der Waals surface area contributed by atoms with Crippen LogP contribution in [0.2, 0.25) is 0 Å². The molecule has 0 aliphatic carbocycles. The van der Waals surface area contributed by atoms with Crippen LogP contribution < -0.4 is 20.4 Å². The highest BCUT2D eigenvalue weighted by molar-refractivity contribution is 14.0. The molecule has 0 saturated carbocycles. The van der Waals surface area contributed by atoms with Gasteiger partial charge in [0.1, 0.15) is 5.82 Å². The predicted molar refractivity (Wildman–Crippen MR) is 137 cm³/mol. The largest absolute Gasteiger partial charge is 0.356 e. The third-order valence-electron chi connectivity index (χ3n) is 5.62. The lowest BCUT2D eigenvalue weighted by Crippen LogP contribution is -2.49. The Morgan fingerprint density at radius 3 is 2.67 bits per heavy atom. The van der Waals surface area contributed by atoms with Crippen LogP contribution in [0.25, 0.3) is 0 Å². The summed E-state index contributed by atoms with van der Waals surface area (Å²) in [4.78, 5) is 18.4. The van der Waals surface area contributed by atoms with Crippen molar-refractivity contribution < 1.29 is 0 Å². The lowest BCUT2D eigenvalue weighted by Gasteiger charge is -2.33. The van der Waals surface area contributed by atoms with Crippen LogP contribution in [0.4, 0.5) is 10.9 Å². The third kappa shape index (κ3) is 6.19. The van der Waals surface area contributed by atoms with Gasteiger partial charge in [0.15, 0.2) is 11.1 Å². The average Bonchev–Trinajstić information content (AvgIpc) is 3.46. The van der Waals surface area contributed by atoms with Crippen LogP contribution in [0, 0.1) is 0 Å². The smallest absolute Gasteiger partial charge is 0.191 e. The van der Waals surface area contributed by atoms with Crippen molar-refractivity contribution in [2.45, 2.75) is 38.1 Å². The first kappa shape index (κ1) is 23.1. The van der Waals surface area contributed by atoms with E-state index in [9.17, 15) is 0 Å². The fraction of sp³-hybridized carbons (Fsp3) is 0.571. The first-order chi connectivity index (χ1) is 14.3. The molecule has 7 nitrogen and oxygen atoms in total. The van der Waals surface area contributed by atoms with Gasteiger partial charge in [-0.25, -0.2) is 9.97 Å². The second-order valence-corrected chi connectivity index (χ2v) is 8.49. The fourth-order valence-corrected chi connectivity index (χ4v) is 4.87. The summed E-state index contributed by atoms with van der Waals surface area (Å²) < 4.78 is 0. The highest BCUT2D eigenvalue weighted by atomic mass is 127. The Labute approximate surface area is 200 Å². The minimum absolute atomic E-state index is 0. The molecule has 2 N–H and O–H groups in total. The average molecular weight is 542 g/mol. The second kappa shape index (κ2) is 11.7. The van der Waals surface area contributed by atoms with E-state index in [1.165, 1.54) is 23.7 Å². The van der Waals surface area contributed by atoms with E-state index >= 15 is 0 Å². The Bertz CT molecular complexity index is 784. The van der Waals surface area contributed by atoms with Gasteiger partial charge in [-0.2, -0.15) is 0 Å². The Hall–Kier alpha value is -1.62. The number of hydrogen-bond acceptors (Lipinski definition) is 6. The molecule has 2 saturated heterocycles. The van der Waals surface area contributed by atoms with E-state index in [1.807, 2.05) is 19.3 Å². The molecule has 0 radical (unpaired) electrons. The van der Waals surface area contributed by atoms with Gasteiger partial charge in [-0.1, -0.05) is 6.07 Å². The van der Waals surface area contributed by atoms with Gasteiger partial charge >= 0.3 is 0 Å². The Kier molecular flexibility index (Phi) is 8.98. The van der Waals surface area contributed by atoms with Gasteiger partial charge in [-0.15, -0.1) is 35.3 Å². The van der Waals surface area contributed by atoms with Crippen LogP contribution >= 0.6 is 35.3 Å². The molecule has 2 aromatic heterocycles. The minimum atomic E-state index is 0. The van der Waals surface area contributed by atoms with Crippen LogP contribution in [0.5, 0.6) is 0 Å². The van der Waals surface area contributed by atoms with E-state index in [0.29, 0.717) is 6.04 Å². The quantitative estimate of drug-likeness (QED) is 0.333. The van der Waals surface area contributed by atoms with Gasteiger partial charge in [-0.3, -0.25) is 4.99 Å². The molecule has 0 spiro atoms. The molecule has 164 valence electrons. The van der Waals surface area contributed by atoms with Crippen LogP contribution in [0.15, 0.2) is 34.8 Å². The number of rotatable bonds is 6. The summed E-state index contributed by atoms with van der Waals surface area (Å²) in [6, 6.07) is 6.55. The standard InChI is InChI=1S/C21H31N7S.HI/c1-22-20(24-11-7-18-16-29-21(26-18)28-12-4-5-13-28)25-17-8-14-27(15-9-17)19-6-2-3-10-23-19;/h2-3,6,10,16-17H,4-5,7-9,11-15H2,1H3,(H2,22,24,25);1H. The number of anilines is 2. The summed E-state index contributed by atoms with van der Waals surface area (Å²) in [5.74, 6) is 1.96. The lowest BCUT2D eigenvalue weighted by atomic mass is 10.1. The molecule has 0 unspecified atom stereocenters. The number of aliphatic imine (C=N–C) groups is 1. The summed E-state index contributed by atoms with van der Waals surface area (Å²) in [5, 5.41) is 10.4. The van der Waals surface area contributed by atoms with Gasteiger partial charge in [-0.05, 0) is 37.8 Å². The van der Waals surface area contributed by atoms with Gasteiger partial charge in [0.05, 0.1) is 5.69 Å². The second-order valence-electron chi connectivity index (χ2n) is 7.66. The molecule has 4 heterocycles. The number of nitrogens with one attached hydrogen (secondary N) is 2. The maximum atomic E-state index is 4.80. The van der Waals surface area contributed by atoms with Crippen LogP contribution in [-0.2, 0) is 6.42 Å². The van der Waals surface area contributed by atoms with Crippen molar-refractivity contribution in [3.8, 4) is 0 Å². The van der Waals surface area contributed by atoms with E-state index in [4.69, 9.17) is 4.98 Å². The van der Waals surface area contributed by atoms with Crippen molar-refractivity contribution in [2.75, 3.05) is 49.6 Å². The minimum Gasteiger partial charge on any atom is -0.356 e. The molecular weight excluding hydrogens is 509 g/mol. The van der Waals surface area contributed by atoms with E-state index in [1.54, 1.807) is 11.3 Å². The van der Waals surface area contributed by atoms with E-state index in [0.717, 1.165) is 63.8 Å². The molecule has 2 aromatic rings. The van der Waals surface area contributed by atoms with Crippen molar-refractivity contribution in [2.24, 2.45) is 4.99 Å². The Balaban J connectivity index is 0.00000256. The molecule has 2 aliphatic heterocycles. The topological polar surface area (TPSA) is 68.7 Å². The zero-order chi connectivity index (χ0) is 19.9. The number of thiazole rings is 1. The van der Waals surface area contributed by atoms with Crippen LogP contribution in [0.1, 0.15) is 31.4 Å². The lowest BCUT2D eigenvalue weighted by molar-refractivity contribution is 0.459. The summed E-state index contributed by atoms with van der Waals surface area (Å²) >= 11 is 1.77. The van der Waals surface area contributed by atoms with E-state index < -0.39 is 0 Å². The molecule has 4 rings (SSSR count). The van der Waals surface area contributed by atoms with E-state index in [-0.39, 0.29) is 24.0 Å². The molecule has 0 aromatic carbocycles. The zero-order valence-electron chi connectivity index (χ0n) is 17.6. The number of nitrogens with zero attached hydrogens (tertiary/aromatic N) is 5. The van der Waals surface area contributed by atoms with Crippen molar-refractivity contribution in [3.63, 3.8) is 0 Å². The summed E-state index contributed by atoms with van der Waals surface area (Å²) in [5.41, 5.74) is 1.17. The summed E-state index contributed by atoms with van der Waals surface area (Å²) in [7, 11) is 1.84. The normalized spacial score (nSPS) is 17.7. The highest BCUT2D eigenvalue weighted by Crippen LogP contribution is 2.24.